The third-order valence-corrected chi connectivity index (χ3v) is 14.7. The molecule has 3 N–H and O–H groups in total. The third-order valence-electron chi connectivity index (χ3n) is 14.7. The molecular formula is C43H66F2N4O7. The summed E-state index contributed by atoms with van der Waals surface area (Å²) in [6, 6.07) is 1.31. The first-order valence-electron chi connectivity index (χ1n) is 21.3. The summed E-state index contributed by atoms with van der Waals surface area (Å²) in [5.74, 6) is 0.0206. The molecule has 13 heteroatoms. The highest BCUT2D eigenvalue weighted by atomic mass is 19.3. The van der Waals surface area contributed by atoms with Crippen molar-refractivity contribution in [1.29, 1.82) is 0 Å². The molecule has 4 fully saturated rings. The smallest absolute Gasteiger partial charge is 0.351 e. The number of hydrogen-bond donors (Lipinski definition) is 3. The number of hydrogen-bond acceptors (Lipinski definition) is 9. The Morgan fingerprint density at radius 1 is 1.09 bits per heavy atom. The van der Waals surface area contributed by atoms with Crippen molar-refractivity contribution in [1.82, 2.24) is 14.9 Å². The number of amides is 1. The predicted molar refractivity (Wildman–Crippen MR) is 209 cm³/mol. The Kier molecular flexibility index (Phi) is 13.4. The molecule has 2 heterocycles. The van der Waals surface area contributed by atoms with E-state index in [1.165, 1.54) is 64.5 Å². The number of nitrogens with zero attached hydrogens (tertiary/aromatic N) is 2. The summed E-state index contributed by atoms with van der Waals surface area (Å²) < 4.78 is 46.8. The molecule has 1 aromatic rings. The maximum atomic E-state index is 14.8. The van der Waals surface area contributed by atoms with Gasteiger partial charge < -0.3 is 30.0 Å². The van der Waals surface area contributed by atoms with Crippen LogP contribution in [-0.4, -0.2) is 77.6 Å². The number of alkyl halides is 2. The number of allylic oxidation sites excluding steroid dienone is 1. The molecule has 11 atom stereocenters. The Morgan fingerprint density at radius 3 is 2.61 bits per heavy atom. The quantitative estimate of drug-likeness (QED) is 0.0914. The normalized spacial score (nSPS) is 35.2. The number of ether oxygens (including phenoxy) is 3. The second kappa shape index (κ2) is 17.5. The van der Waals surface area contributed by atoms with Crippen LogP contribution in [0.3, 0.4) is 0 Å². The minimum Gasteiger partial charge on any atom is -0.463 e. The minimum atomic E-state index is -3.85. The van der Waals surface area contributed by atoms with Gasteiger partial charge in [0.05, 0.1) is 19.1 Å². The van der Waals surface area contributed by atoms with Crippen molar-refractivity contribution in [3.63, 3.8) is 0 Å². The van der Waals surface area contributed by atoms with E-state index < -0.39 is 42.6 Å². The van der Waals surface area contributed by atoms with E-state index in [4.69, 9.17) is 14.2 Å². The first-order valence-corrected chi connectivity index (χ1v) is 21.3. The molecule has 1 aromatic heterocycles. The van der Waals surface area contributed by atoms with Gasteiger partial charge >= 0.3 is 17.6 Å². The van der Waals surface area contributed by atoms with Crippen LogP contribution in [0.4, 0.5) is 14.6 Å². The van der Waals surface area contributed by atoms with Crippen LogP contribution < -0.4 is 16.3 Å². The van der Waals surface area contributed by atoms with Crippen molar-refractivity contribution in [2.75, 3.05) is 32.1 Å². The maximum absolute atomic E-state index is 14.8. The van der Waals surface area contributed by atoms with E-state index in [9.17, 15) is 28.3 Å². The Morgan fingerprint density at radius 2 is 1.88 bits per heavy atom. The second-order valence-electron chi connectivity index (χ2n) is 18.5. The highest BCUT2D eigenvalue weighted by Gasteiger charge is 2.61. The standard InChI is InChI=1S/C43H66F2N4O7/c1-26(2)8-7-9-27(3)31-12-13-32-30-11-10-28-24-29(16-19-41(28,4)33(30)17-20-42(31,32)5)54-23-21-47-36(50)14-15-37(51)55-25-34-38(52)43(44,45)39(56-34)49-22-18-35(46-6)48-40(49)53/h10,18,22,26-27,29-34,38-39,52H,7-9,11-17,19-21,23-25H2,1-6H3,(H,47,50)(H,46,48,53)/t27-,29+,30?,31-,32?,33?,34?,38?,39?,41+,42-/m1/s1. The van der Waals surface area contributed by atoms with Crippen LogP contribution in [0.5, 0.6) is 0 Å². The number of rotatable bonds is 16. The lowest BCUT2D eigenvalue weighted by molar-refractivity contribution is -0.151. The van der Waals surface area contributed by atoms with Crippen molar-refractivity contribution in [2.45, 2.75) is 149 Å². The number of fused-ring (bicyclic) bond motifs is 5. The number of esters is 1. The van der Waals surface area contributed by atoms with Crippen molar-refractivity contribution < 1.29 is 37.7 Å². The molecule has 1 amide bonds. The number of carbonyl (C=O) groups excluding carboxylic acids is 2. The zero-order chi connectivity index (χ0) is 40.4. The van der Waals surface area contributed by atoms with Gasteiger partial charge in [0.1, 0.15) is 18.5 Å². The van der Waals surface area contributed by atoms with E-state index in [-0.39, 0.29) is 36.1 Å². The lowest BCUT2D eigenvalue weighted by atomic mass is 9.47. The molecule has 6 rings (SSSR count). The molecule has 4 aliphatic carbocycles. The Balaban J connectivity index is 0.894. The van der Waals surface area contributed by atoms with Crippen molar-refractivity contribution in [2.24, 2.45) is 46.3 Å². The van der Waals surface area contributed by atoms with Crippen LogP contribution in [-0.2, 0) is 23.8 Å². The largest absolute Gasteiger partial charge is 0.463 e. The molecule has 1 saturated heterocycles. The molecule has 0 radical (unpaired) electrons. The van der Waals surface area contributed by atoms with Gasteiger partial charge in [-0.1, -0.05) is 65.5 Å². The molecule has 11 nitrogen and oxygen atoms in total. The van der Waals surface area contributed by atoms with Crippen LogP contribution >= 0.6 is 0 Å². The van der Waals surface area contributed by atoms with Gasteiger partial charge in [-0.2, -0.15) is 13.8 Å². The van der Waals surface area contributed by atoms with Crippen LogP contribution in [0.2, 0.25) is 0 Å². The molecule has 1 aliphatic heterocycles. The number of aromatic nitrogens is 2. The topological polar surface area (TPSA) is 141 Å². The number of carbonyl (C=O) groups is 2. The van der Waals surface area contributed by atoms with Gasteiger partial charge in [0.2, 0.25) is 12.1 Å². The summed E-state index contributed by atoms with van der Waals surface area (Å²) in [5, 5.41) is 15.6. The van der Waals surface area contributed by atoms with E-state index in [1.807, 2.05) is 0 Å². The number of halogens is 2. The molecular weight excluding hydrogens is 722 g/mol. The van der Waals surface area contributed by atoms with Crippen molar-refractivity contribution in [3.8, 4) is 0 Å². The lowest BCUT2D eigenvalue weighted by Crippen LogP contribution is -2.51. The summed E-state index contributed by atoms with van der Waals surface area (Å²) in [7, 11) is 1.52. The molecule has 314 valence electrons. The Bertz CT molecular complexity index is 1640. The van der Waals surface area contributed by atoms with Crippen LogP contribution in [0.15, 0.2) is 28.7 Å². The SMILES string of the molecule is CNc1ccn(C2OC(COC(=O)CCC(=O)NCCO[C@H]3CC[C@@]4(C)C(=CCC5C4CC[C@@]4(C)C5CC[C@@H]4[C@H](C)CCCC(C)C)C3)C(O)C2(F)F)c(=O)n1. The monoisotopic (exact) mass is 788 g/mol. The van der Waals surface area contributed by atoms with Gasteiger partial charge in [0.15, 0.2) is 6.10 Å². The highest BCUT2D eigenvalue weighted by molar-refractivity contribution is 5.81. The average molecular weight is 789 g/mol. The molecule has 0 bridgehead atoms. The zero-order valence-corrected chi connectivity index (χ0v) is 34.4. The number of nitrogens with one attached hydrogen (secondary N) is 2. The predicted octanol–water partition coefficient (Wildman–Crippen LogP) is 7.04. The summed E-state index contributed by atoms with van der Waals surface area (Å²) >= 11 is 0. The van der Waals surface area contributed by atoms with Crippen LogP contribution in [0.25, 0.3) is 0 Å². The Hall–Kier alpha value is -2.90. The summed E-state index contributed by atoms with van der Waals surface area (Å²) in [6.45, 7) is 12.4. The molecule has 5 aliphatic rings. The fourth-order valence-corrected chi connectivity index (χ4v) is 11.6. The van der Waals surface area contributed by atoms with Crippen molar-refractivity contribution in [3.05, 3.63) is 34.4 Å². The van der Waals surface area contributed by atoms with E-state index in [0.29, 0.717) is 23.1 Å². The number of aliphatic hydroxyl groups excluding tert-OH is 1. The summed E-state index contributed by atoms with van der Waals surface area (Å²) in [4.78, 5) is 40.7. The maximum Gasteiger partial charge on any atom is 0.351 e. The van der Waals surface area contributed by atoms with Gasteiger partial charge in [-0.3, -0.25) is 14.2 Å². The fourth-order valence-electron chi connectivity index (χ4n) is 11.6. The first kappa shape index (κ1) is 42.7. The lowest BCUT2D eigenvalue weighted by Gasteiger charge is -2.58. The van der Waals surface area contributed by atoms with E-state index in [1.54, 1.807) is 5.57 Å². The number of anilines is 1. The summed E-state index contributed by atoms with van der Waals surface area (Å²) in [6.07, 6.45) is 11.2. The minimum absolute atomic E-state index is 0.122. The second-order valence-corrected chi connectivity index (χ2v) is 18.5. The van der Waals surface area contributed by atoms with Gasteiger partial charge in [-0.15, -0.1) is 0 Å². The van der Waals surface area contributed by atoms with E-state index in [0.717, 1.165) is 61.0 Å². The first-order chi connectivity index (χ1) is 26.6. The Labute approximate surface area is 331 Å². The van der Waals surface area contributed by atoms with Crippen LogP contribution in [0.1, 0.15) is 124 Å². The molecule has 56 heavy (non-hydrogen) atoms. The third kappa shape index (κ3) is 8.75. The van der Waals surface area contributed by atoms with E-state index >= 15 is 0 Å². The molecule has 0 aromatic carbocycles. The fraction of sp³-hybridized carbons (Fsp3) is 0.814. The van der Waals surface area contributed by atoms with Gasteiger partial charge in [-0.05, 0) is 104 Å². The zero-order valence-electron chi connectivity index (χ0n) is 34.4. The van der Waals surface area contributed by atoms with E-state index in [2.05, 4.69) is 56.3 Å². The van der Waals surface area contributed by atoms with Gasteiger partial charge in [0, 0.05) is 26.2 Å². The van der Waals surface area contributed by atoms with Crippen molar-refractivity contribution >= 4 is 17.7 Å². The van der Waals surface area contributed by atoms with Gasteiger partial charge in [0.25, 0.3) is 0 Å². The molecule has 0 spiro atoms. The van der Waals surface area contributed by atoms with Crippen LogP contribution in [0, 0.1) is 46.3 Å². The summed E-state index contributed by atoms with van der Waals surface area (Å²) in [5.41, 5.74) is 1.30. The average Bonchev–Trinajstić information content (AvgIpc) is 3.63. The van der Waals surface area contributed by atoms with Gasteiger partial charge in [-0.25, -0.2) is 4.79 Å². The number of aliphatic hydroxyl groups is 1. The molecule has 3 saturated carbocycles. The highest BCUT2D eigenvalue weighted by Crippen LogP contribution is 2.67. The molecule has 6 unspecified atom stereocenters.